The van der Waals surface area contributed by atoms with E-state index in [9.17, 15) is 36.5 Å². The Kier molecular flexibility index (Phi) is 9.62. The molecule has 0 radical (unpaired) electrons. The van der Waals surface area contributed by atoms with Crippen molar-refractivity contribution in [1.82, 2.24) is 9.80 Å². The molecule has 224 valence electrons. The van der Waals surface area contributed by atoms with Gasteiger partial charge in [0.15, 0.2) is 0 Å². The van der Waals surface area contributed by atoms with E-state index >= 15 is 0 Å². The Bertz CT molecular complexity index is 1210. The molecular formula is C27H31F6N5O2S. The average Bonchev–Trinajstić information content (AvgIpc) is 2.93. The molecule has 2 aliphatic heterocycles. The summed E-state index contributed by atoms with van der Waals surface area (Å²) in [4.78, 5) is 17.3. The number of rotatable bonds is 8. The Morgan fingerprint density at radius 1 is 0.927 bits per heavy atom. The summed E-state index contributed by atoms with van der Waals surface area (Å²) in [7, 11) is 0. The van der Waals surface area contributed by atoms with E-state index in [-0.39, 0.29) is 11.7 Å². The molecule has 0 spiro atoms. The fourth-order valence-corrected chi connectivity index (χ4v) is 5.55. The maximum absolute atomic E-state index is 13.3. The molecule has 0 aliphatic carbocycles. The van der Waals surface area contributed by atoms with E-state index in [0.717, 1.165) is 80.5 Å². The summed E-state index contributed by atoms with van der Waals surface area (Å²) >= 11 is 5.63. The molecule has 0 atom stereocenters. The number of nitro benzene ring substituents is 1. The van der Waals surface area contributed by atoms with E-state index in [1.165, 1.54) is 18.2 Å². The molecule has 2 aromatic rings. The third kappa shape index (κ3) is 8.22. The molecule has 2 aromatic carbocycles. The van der Waals surface area contributed by atoms with Crippen molar-refractivity contribution in [2.24, 2.45) is 0 Å². The lowest BCUT2D eigenvalue weighted by atomic mass is 10.0. The second kappa shape index (κ2) is 12.8. The first-order valence-corrected chi connectivity index (χ1v) is 13.8. The van der Waals surface area contributed by atoms with Crippen molar-refractivity contribution < 1.29 is 31.3 Å². The molecule has 2 saturated heterocycles. The zero-order valence-corrected chi connectivity index (χ0v) is 23.0. The van der Waals surface area contributed by atoms with Gasteiger partial charge in [-0.3, -0.25) is 15.0 Å². The standard InChI is InChI=1S/C27H31F6N5O2S/c28-26(29,30)19-3-6-22(7-4-19)36-16-14-35(15-17-36)11-1-2-25(41)37-12-9-20(10-13-37)34-21-5-8-24(38(39)40)23(18-21)27(31,32)33/h3-8,18,20,34H,1-2,9-17H2. The number of hydrogen-bond donors (Lipinski definition) is 1. The fourth-order valence-electron chi connectivity index (χ4n) is 5.22. The molecule has 41 heavy (non-hydrogen) atoms. The van der Waals surface area contributed by atoms with E-state index in [1.807, 2.05) is 0 Å². The van der Waals surface area contributed by atoms with Gasteiger partial charge in [-0.05, 0) is 68.6 Å². The van der Waals surface area contributed by atoms with Crippen molar-refractivity contribution >= 4 is 34.3 Å². The van der Waals surface area contributed by atoms with Crippen LogP contribution in [0.1, 0.15) is 36.8 Å². The van der Waals surface area contributed by atoms with Crippen molar-refractivity contribution in [3.05, 3.63) is 63.7 Å². The number of halogens is 6. The van der Waals surface area contributed by atoms with E-state index in [1.54, 1.807) is 0 Å². The number of benzene rings is 2. The minimum Gasteiger partial charge on any atom is -0.382 e. The molecule has 0 unspecified atom stereocenters. The van der Waals surface area contributed by atoms with Crippen LogP contribution < -0.4 is 10.2 Å². The third-order valence-electron chi connectivity index (χ3n) is 7.51. The highest BCUT2D eigenvalue weighted by molar-refractivity contribution is 7.80. The summed E-state index contributed by atoms with van der Waals surface area (Å²) < 4.78 is 78.2. The maximum atomic E-state index is 13.3. The van der Waals surface area contributed by atoms with Crippen LogP contribution in [0, 0.1) is 10.1 Å². The van der Waals surface area contributed by atoms with Crippen molar-refractivity contribution in [2.75, 3.05) is 56.0 Å². The van der Waals surface area contributed by atoms with Gasteiger partial charge in [-0.25, -0.2) is 0 Å². The molecule has 14 heteroatoms. The number of nitrogens with one attached hydrogen (secondary N) is 1. The quantitative estimate of drug-likeness (QED) is 0.161. The topological polar surface area (TPSA) is 64.9 Å². The van der Waals surface area contributed by atoms with Crippen LogP contribution in [0.5, 0.6) is 0 Å². The van der Waals surface area contributed by atoms with Crippen LogP contribution in [0.15, 0.2) is 42.5 Å². The van der Waals surface area contributed by atoms with Gasteiger partial charge in [0, 0.05) is 62.8 Å². The second-order valence-corrected chi connectivity index (χ2v) is 10.7. The number of alkyl halides is 6. The van der Waals surface area contributed by atoms with Gasteiger partial charge in [-0.15, -0.1) is 0 Å². The lowest BCUT2D eigenvalue weighted by molar-refractivity contribution is -0.388. The first kappa shape index (κ1) is 30.8. The zero-order valence-electron chi connectivity index (χ0n) is 22.2. The monoisotopic (exact) mass is 603 g/mol. The Hall–Kier alpha value is -3.13. The molecule has 0 saturated carbocycles. The van der Waals surface area contributed by atoms with Crippen molar-refractivity contribution in [2.45, 2.75) is 44.1 Å². The fraction of sp³-hybridized carbons (Fsp3) is 0.519. The molecular weight excluding hydrogens is 572 g/mol. The molecule has 1 N–H and O–H groups in total. The van der Waals surface area contributed by atoms with Gasteiger partial charge in [0.05, 0.1) is 15.5 Å². The Morgan fingerprint density at radius 2 is 1.56 bits per heavy atom. The first-order chi connectivity index (χ1) is 19.3. The zero-order chi connectivity index (χ0) is 29.8. The summed E-state index contributed by atoms with van der Waals surface area (Å²) in [6, 6.07) is 8.15. The molecule has 4 rings (SSSR count). The molecule has 2 heterocycles. The van der Waals surface area contributed by atoms with Gasteiger partial charge >= 0.3 is 12.4 Å². The number of piperidine rings is 1. The molecule has 2 fully saturated rings. The Morgan fingerprint density at radius 3 is 2.12 bits per heavy atom. The molecule has 0 bridgehead atoms. The van der Waals surface area contributed by atoms with Gasteiger partial charge in [-0.1, -0.05) is 12.2 Å². The number of thiocarbonyl (C=S) groups is 1. The summed E-state index contributed by atoms with van der Waals surface area (Å²) in [5.74, 6) is 0. The van der Waals surface area contributed by atoms with E-state index in [2.05, 4.69) is 20.0 Å². The SMILES string of the molecule is O=[N+]([O-])c1ccc(NC2CCN(C(=S)CCCN3CCN(c4ccc(C(F)(F)F)cc4)CC3)CC2)cc1C(F)(F)F. The van der Waals surface area contributed by atoms with Crippen molar-refractivity contribution in [3.8, 4) is 0 Å². The largest absolute Gasteiger partial charge is 0.423 e. The highest BCUT2D eigenvalue weighted by atomic mass is 32.1. The second-order valence-electron chi connectivity index (χ2n) is 10.3. The van der Waals surface area contributed by atoms with Gasteiger partial charge in [0.25, 0.3) is 5.69 Å². The summed E-state index contributed by atoms with van der Waals surface area (Å²) in [6.45, 7) is 5.28. The highest BCUT2D eigenvalue weighted by Gasteiger charge is 2.38. The van der Waals surface area contributed by atoms with Gasteiger partial charge in [0.1, 0.15) is 5.56 Å². The summed E-state index contributed by atoms with van der Waals surface area (Å²) in [6.07, 6.45) is -6.21. The highest BCUT2D eigenvalue weighted by Crippen LogP contribution is 2.38. The van der Waals surface area contributed by atoms with Crippen LogP contribution in [0.3, 0.4) is 0 Å². The van der Waals surface area contributed by atoms with Crippen molar-refractivity contribution in [1.29, 1.82) is 0 Å². The van der Waals surface area contributed by atoms with E-state index < -0.39 is 34.1 Å². The van der Waals surface area contributed by atoms with Crippen LogP contribution in [-0.4, -0.2) is 71.6 Å². The number of nitrogens with zero attached hydrogens (tertiary/aromatic N) is 4. The summed E-state index contributed by atoms with van der Waals surface area (Å²) in [5.41, 5.74) is -1.91. The van der Waals surface area contributed by atoms with Gasteiger partial charge < -0.3 is 15.1 Å². The maximum Gasteiger partial charge on any atom is 0.423 e. The predicted molar refractivity (Wildman–Crippen MR) is 148 cm³/mol. The number of anilines is 2. The third-order valence-corrected chi connectivity index (χ3v) is 7.98. The van der Waals surface area contributed by atoms with Crippen LogP contribution in [0.2, 0.25) is 0 Å². The van der Waals surface area contributed by atoms with Crippen LogP contribution >= 0.6 is 12.2 Å². The number of hydrogen-bond acceptors (Lipinski definition) is 6. The minimum atomic E-state index is -4.82. The summed E-state index contributed by atoms with van der Waals surface area (Å²) in [5, 5.41) is 14.0. The molecule has 7 nitrogen and oxygen atoms in total. The minimum absolute atomic E-state index is 0.0717. The normalized spacial score (nSPS) is 17.5. The van der Waals surface area contributed by atoms with E-state index in [4.69, 9.17) is 12.2 Å². The van der Waals surface area contributed by atoms with Gasteiger partial charge in [-0.2, -0.15) is 26.3 Å². The lowest BCUT2D eigenvalue weighted by Crippen LogP contribution is -2.47. The average molecular weight is 604 g/mol. The van der Waals surface area contributed by atoms with Crippen LogP contribution in [0.25, 0.3) is 0 Å². The van der Waals surface area contributed by atoms with Crippen molar-refractivity contribution in [3.63, 3.8) is 0 Å². The van der Waals surface area contributed by atoms with Crippen LogP contribution in [-0.2, 0) is 12.4 Å². The molecule has 0 aromatic heterocycles. The lowest BCUT2D eigenvalue weighted by Gasteiger charge is -2.37. The molecule has 0 amide bonds. The number of likely N-dealkylation sites (tertiary alicyclic amines) is 1. The Balaban J connectivity index is 1.16. The molecule has 2 aliphatic rings. The smallest absolute Gasteiger partial charge is 0.382 e. The number of piperazine rings is 1. The number of nitro groups is 1. The Labute approximate surface area is 239 Å². The predicted octanol–water partition coefficient (Wildman–Crippen LogP) is 6.44. The van der Waals surface area contributed by atoms with E-state index in [0.29, 0.717) is 25.9 Å². The van der Waals surface area contributed by atoms with Crippen LogP contribution in [0.4, 0.5) is 43.4 Å². The van der Waals surface area contributed by atoms with Gasteiger partial charge in [0.2, 0.25) is 0 Å². The first-order valence-electron chi connectivity index (χ1n) is 13.4.